The quantitative estimate of drug-likeness (QED) is 0.768. The second kappa shape index (κ2) is 8.25. The zero-order valence-corrected chi connectivity index (χ0v) is 16.0. The van der Waals surface area contributed by atoms with Crippen LogP contribution in [0.15, 0.2) is 36.5 Å². The predicted molar refractivity (Wildman–Crippen MR) is 103 cm³/mol. The molecule has 2 heterocycles. The maximum absolute atomic E-state index is 12.4. The number of pyridine rings is 1. The largest absolute Gasteiger partial charge is 0.508 e. The lowest BCUT2D eigenvalue weighted by molar-refractivity contribution is 0.0895. The highest BCUT2D eigenvalue weighted by Gasteiger charge is 2.25. The molecule has 26 heavy (non-hydrogen) atoms. The van der Waals surface area contributed by atoms with Crippen LogP contribution in [0.2, 0.25) is 10.2 Å². The molecule has 5 nitrogen and oxygen atoms in total. The third-order valence-corrected chi connectivity index (χ3v) is 5.53. The molecule has 3 rings (SSSR count). The van der Waals surface area contributed by atoms with Gasteiger partial charge in [-0.1, -0.05) is 35.3 Å². The highest BCUT2D eigenvalue weighted by Crippen LogP contribution is 2.26. The average molecular weight is 394 g/mol. The van der Waals surface area contributed by atoms with Crippen LogP contribution in [-0.2, 0) is 0 Å². The van der Waals surface area contributed by atoms with E-state index in [4.69, 9.17) is 23.2 Å². The normalized spacial score (nSPS) is 17.0. The maximum Gasteiger partial charge on any atom is 0.253 e. The number of phenols is 1. The first kappa shape index (κ1) is 19.0. The van der Waals surface area contributed by atoms with Crippen molar-refractivity contribution in [1.82, 2.24) is 15.2 Å². The maximum atomic E-state index is 12.4. The molecule has 1 fully saturated rings. The molecule has 1 atom stereocenters. The van der Waals surface area contributed by atoms with Gasteiger partial charge in [0.05, 0.1) is 10.6 Å². The van der Waals surface area contributed by atoms with Gasteiger partial charge in [-0.05, 0) is 43.5 Å². The molecule has 0 spiro atoms. The number of amides is 1. The molecule has 1 unspecified atom stereocenters. The molecular weight excluding hydrogens is 373 g/mol. The van der Waals surface area contributed by atoms with E-state index < -0.39 is 0 Å². The smallest absolute Gasteiger partial charge is 0.253 e. The predicted octanol–water partition coefficient (Wildman–Crippen LogP) is 4.05. The van der Waals surface area contributed by atoms with Gasteiger partial charge >= 0.3 is 0 Å². The van der Waals surface area contributed by atoms with E-state index >= 15 is 0 Å². The molecule has 1 aliphatic rings. The number of benzene rings is 1. The van der Waals surface area contributed by atoms with Crippen LogP contribution in [-0.4, -0.2) is 40.0 Å². The van der Waals surface area contributed by atoms with Crippen LogP contribution < -0.4 is 5.32 Å². The van der Waals surface area contributed by atoms with Crippen LogP contribution in [0.5, 0.6) is 5.75 Å². The molecule has 0 radical (unpaired) electrons. The van der Waals surface area contributed by atoms with Crippen LogP contribution in [0.4, 0.5) is 0 Å². The summed E-state index contributed by atoms with van der Waals surface area (Å²) in [6.07, 6.45) is 3.19. The Bertz CT molecular complexity index is 775. The van der Waals surface area contributed by atoms with E-state index in [-0.39, 0.29) is 33.9 Å². The Labute approximate surface area is 162 Å². The lowest BCUT2D eigenvalue weighted by Gasteiger charge is -2.36. The van der Waals surface area contributed by atoms with Crippen LogP contribution in [0.25, 0.3) is 0 Å². The Balaban J connectivity index is 1.54. The zero-order chi connectivity index (χ0) is 18.7. The van der Waals surface area contributed by atoms with Crippen molar-refractivity contribution >= 4 is 29.1 Å². The van der Waals surface area contributed by atoms with Crippen molar-refractivity contribution in [2.75, 3.05) is 13.1 Å². The zero-order valence-electron chi connectivity index (χ0n) is 14.5. The molecule has 138 valence electrons. The van der Waals surface area contributed by atoms with Crippen LogP contribution in [0.1, 0.15) is 41.7 Å². The Morgan fingerprint density at radius 3 is 2.54 bits per heavy atom. The number of hydrogen-bond donors (Lipinski definition) is 2. The number of carbonyl (C=O) groups is 1. The Morgan fingerprint density at radius 2 is 1.92 bits per heavy atom. The number of carbonyl (C=O) groups excluding carboxylic acids is 1. The minimum absolute atomic E-state index is 0.125. The molecule has 1 amide bonds. The summed E-state index contributed by atoms with van der Waals surface area (Å²) in [7, 11) is 0. The highest BCUT2D eigenvalue weighted by molar-refractivity contribution is 6.41. The number of aromatic nitrogens is 1. The minimum atomic E-state index is -0.180. The minimum Gasteiger partial charge on any atom is -0.508 e. The summed E-state index contributed by atoms with van der Waals surface area (Å²) in [5, 5.41) is 12.9. The molecule has 0 bridgehead atoms. The van der Waals surface area contributed by atoms with Gasteiger partial charge in [-0.3, -0.25) is 9.69 Å². The fourth-order valence-electron chi connectivity index (χ4n) is 3.21. The summed E-state index contributed by atoms with van der Waals surface area (Å²) >= 11 is 11.7. The monoisotopic (exact) mass is 393 g/mol. The van der Waals surface area contributed by atoms with Gasteiger partial charge in [0.15, 0.2) is 0 Å². The number of nitrogens with one attached hydrogen (secondary N) is 1. The number of piperidine rings is 1. The molecule has 2 N–H and O–H groups in total. The highest BCUT2D eigenvalue weighted by atomic mass is 35.5. The molecule has 1 aromatic heterocycles. The molecule has 1 aromatic carbocycles. The van der Waals surface area contributed by atoms with Gasteiger partial charge in [0.1, 0.15) is 10.9 Å². The van der Waals surface area contributed by atoms with E-state index in [0.717, 1.165) is 25.9 Å². The summed E-state index contributed by atoms with van der Waals surface area (Å²) < 4.78 is 0. The first-order valence-corrected chi connectivity index (χ1v) is 9.34. The lowest BCUT2D eigenvalue weighted by atomic mass is 10.00. The number of nitrogens with zero attached hydrogens (tertiary/aromatic N) is 2. The molecule has 1 saturated heterocycles. The third kappa shape index (κ3) is 4.47. The van der Waals surface area contributed by atoms with Crippen LogP contribution >= 0.6 is 23.2 Å². The average Bonchev–Trinajstić information content (AvgIpc) is 2.64. The lowest BCUT2D eigenvalue weighted by Crippen LogP contribution is -2.45. The Kier molecular flexibility index (Phi) is 6.01. The number of aromatic hydroxyl groups is 1. The van der Waals surface area contributed by atoms with Crippen molar-refractivity contribution in [3.05, 3.63) is 57.8 Å². The van der Waals surface area contributed by atoms with E-state index in [0.29, 0.717) is 5.56 Å². The van der Waals surface area contributed by atoms with Gasteiger partial charge in [0.2, 0.25) is 0 Å². The van der Waals surface area contributed by atoms with Gasteiger partial charge in [-0.2, -0.15) is 0 Å². The second-order valence-corrected chi connectivity index (χ2v) is 7.31. The summed E-state index contributed by atoms with van der Waals surface area (Å²) in [6, 6.07) is 9.25. The van der Waals surface area contributed by atoms with Gasteiger partial charge in [0, 0.05) is 31.4 Å². The summed E-state index contributed by atoms with van der Waals surface area (Å²) in [4.78, 5) is 18.7. The topological polar surface area (TPSA) is 65.5 Å². The van der Waals surface area contributed by atoms with Gasteiger partial charge in [0.25, 0.3) is 5.91 Å². The summed E-state index contributed by atoms with van der Waals surface area (Å²) in [5.41, 5.74) is 1.59. The molecular formula is C19H21Cl2N3O2. The van der Waals surface area contributed by atoms with Crippen molar-refractivity contribution in [1.29, 1.82) is 0 Å². The van der Waals surface area contributed by atoms with E-state index in [9.17, 15) is 9.90 Å². The van der Waals surface area contributed by atoms with Gasteiger partial charge < -0.3 is 10.4 Å². The fourth-order valence-corrected chi connectivity index (χ4v) is 3.48. The number of phenolic OH excluding ortho intramolecular Hbond substituents is 1. The van der Waals surface area contributed by atoms with Gasteiger partial charge in [-0.15, -0.1) is 0 Å². The SMILES string of the molecule is CC(c1ccc(O)cc1)N1CCC(NC(=O)c2cnc(Cl)c(Cl)c2)CC1. The third-order valence-electron chi connectivity index (χ3n) is 4.85. The molecule has 7 heteroatoms. The van der Waals surface area contributed by atoms with Crippen molar-refractivity contribution in [3.8, 4) is 5.75 Å². The number of hydrogen-bond acceptors (Lipinski definition) is 4. The number of likely N-dealkylation sites (tertiary alicyclic amines) is 1. The van der Waals surface area contributed by atoms with E-state index in [1.165, 1.54) is 17.8 Å². The van der Waals surface area contributed by atoms with E-state index in [1.807, 2.05) is 12.1 Å². The first-order valence-electron chi connectivity index (χ1n) is 8.59. The van der Waals surface area contributed by atoms with Crippen molar-refractivity contribution in [3.63, 3.8) is 0 Å². The summed E-state index contributed by atoms with van der Waals surface area (Å²) in [6.45, 7) is 3.95. The van der Waals surface area contributed by atoms with Gasteiger partial charge in [-0.25, -0.2) is 4.98 Å². The van der Waals surface area contributed by atoms with Crippen LogP contribution in [0.3, 0.4) is 0 Å². The Morgan fingerprint density at radius 1 is 1.27 bits per heavy atom. The van der Waals surface area contributed by atoms with Crippen LogP contribution in [0, 0.1) is 0 Å². The van der Waals surface area contributed by atoms with E-state index in [1.54, 1.807) is 12.1 Å². The Hall–Kier alpha value is -1.82. The van der Waals surface area contributed by atoms with Crippen molar-refractivity contribution < 1.29 is 9.90 Å². The molecule has 2 aromatic rings. The first-order chi connectivity index (χ1) is 12.4. The number of halogens is 2. The van der Waals surface area contributed by atoms with E-state index in [2.05, 4.69) is 22.1 Å². The van der Waals surface area contributed by atoms with Crippen molar-refractivity contribution in [2.24, 2.45) is 0 Å². The van der Waals surface area contributed by atoms with Crippen molar-refractivity contribution in [2.45, 2.75) is 31.8 Å². The summed E-state index contributed by atoms with van der Waals surface area (Å²) in [5.74, 6) is 0.0975. The molecule has 0 saturated carbocycles. The standard InChI is InChI=1S/C19H21Cl2N3O2/c1-12(13-2-4-16(25)5-3-13)24-8-6-15(7-9-24)23-19(26)14-10-17(20)18(21)22-11-14/h2-5,10-12,15,25H,6-9H2,1H3,(H,23,26). The number of rotatable bonds is 4. The second-order valence-electron chi connectivity index (χ2n) is 6.55. The molecule has 1 aliphatic heterocycles. The molecule has 0 aliphatic carbocycles. The fraction of sp³-hybridized carbons (Fsp3) is 0.368.